The normalized spacial score (nSPS) is 33.6. The highest BCUT2D eigenvalue weighted by Gasteiger charge is 2.36. The summed E-state index contributed by atoms with van der Waals surface area (Å²) in [4.78, 5) is 0. The lowest BCUT2D eigenvalue weighted by molar-refractivity contribution is 0.203. The van der Waals surface area contributed by atoms with Gasteiger partial charge in [-0.25, -0.2) is 0 Å². The molecule has 2 heteroatoms. The van der Waals surface area contributed by atoms with Crippen molar-refractivity contribution in [3.63, 3.8) is 0 Å². The van der Waals surface area contributed by atoms with E-state index < -0.39 is 0 Å². The monoisotopic (exact) mass is 264 g/mol. The van der Waals surface area contributed by atoms with Crippen molar-refractivity contribution in [3.8, 4) is 0 Å². The molecule has 0 aromatic carbocycles. The maximum absolute atomic E-state index is 6.16. The van der Waals surface area contributed by atoms with Crippen LogP contribution in [0.1, 0.15) is 65.7 Å². The van der Waals surface area contributed by atoms with Crippen molar-refractivity contribution in [2.45, 2.75) is 77.3 Å². The Labute approximate surface area is 119 Å². The molecule has 0 saturated heterocycles. The van der Waals surface area contributed by atoms with E-state index in [1.807, 2.05) is 0 Å². The van der Waals surface area contributed by atoms with Gasteiger partial charge in [0.05, 0.1) is 0 Å². The summed E-state index contributed by atoms with van der Waals surface area (Å²) in [7, 11) is 0. The Bertz CT molecular complexity index is 308. The lowest BCUT2D eigenvalue weighted by Gasteiger charge is -2.36. The van der Waals surface area contributed by atoms with Gasteiger partial charge in [0.15, 0.2) is 0 Å². The van der Waals surface area contributed by atoms with Crippen LogP contribution in [0, 0.1) is 11.3 Å². The van der Waals surface area contributed by atoms with Gasteiger partial charge in [0.25, 0.3) is 0 Å². The third kappa shape index (κ3) is 3.82. The molecule has 0 radical (unpaired) electrons. The predicted molar refractivity (Wildman–Crippen MR) is 83.1 cm³/mol. The van der Waals surface area contributed by atoms with Gasteiger partial charge in [0.2, 0.25) is 0 Å². The molecule has 0 bridgehead atoms. The van der Waals surface area contributed by atoms with Crippen LogP contribution in [-0.2, 0) is 0 Å². The van der Waals surface area contributed by atoms with E-state index >= 15 is 0 Å². The summed E-state index contributed by atoms with van der Waals surface area (Å²) >= 11 is 0. The van der Waals surface area contributed by atoms with E-state index in [-0.39, 0.29) is 5.54 Å². The summed E-state index contributed by atoms with van der Waals surface area (Å²) in [6.45, 7) is 7.96. The number of nitrogens with one attached hydrogen (secondary N) is 1. The molecule has 1 saturated carbocycles. The number of rotatable bonds is 3. The van der Waals surface area contributed by atoms with E-state index in [0.29, 0.717) is 11.5 Å². The lowest BCUT2D eigenvalue weighted by Crippen LogP contribution is -2.54. The molecule has 0 spiro atoms. The molecule has 19 heavy (non-hydrogen) atoms. The number of hydrogen-bond donors (Lipinski definition) is 2. The molecule has 110 valence electrons. The molecular formula is C17H32N2. The molecule has 2 aliphatic carbocycles. The van der Waals surface area contributed by atoms with Crippen molar-refractivity contribution in [3.05, 3.63) is 12.2 Å². The maximum atomic E-state index is 6.16. The largest absolute Gasteiger partial charge is 0.329 e. The zero-order valence-electron chi connectivity index (χ0n) is 13.0. The van der Waals surface area contributed by atoms with Crippen LogP contribution in [0.5, 0.6) is 0 Å². The van der Waals surface area contributed by atoms with Gasteiger partial charge in [-0.1, -0.05) is 39.3 Å². The summed E-state index contributed by atoms with van der Waals surface area (Å²) < 4.78 is 0. The van der Waals surface area contributed by atoms with Gasteiger partial charge in [-0.05, 0) is 49.9 Å². The first-order valence-electron chi connectivity index (χ1n) is 8.08. The first-order valence-corrected chi connectivity index (χ1v) is 8.08. The molecule has 2 rings (SSSR count). The minimum Gasteiger partial charge on any atom is -0.329 e. The van der Waals surface area contributed by atoms with Crippen LogP contribution in [0.2, 0.25) is 0 Å². The second-order valence-corrected chi connectivity index (χ2v) is 7.76. The Morgan fingerprint density at radius 3 is 2.42 bits per heavy atom. The van der Waals surface area contributed by atoms with Crippen LogP contribution in [0.25, 0.3) is 0 Å². The Hall–Kier alpha value is -0.340. The molecule has 2 nitrogen and oxygen atoms in total. The smallest absolute Gasteiger partial charge is 0.0306 e. The van der Waals surface area contributed by atoms with Crippen LogP contribution < -0.4 is 11.1 Å². The number of hydrogen-bond acceptors (Lipinski definition) is 2. The summed E-state index contributed by atoms with van der Waals surface area (Å²) in [5.41, 5.74) is 6.81. The highest BCUT2D eigenvalue weighted by molar-refractivity contribution is 5.03. The van der Waals surface area contributed by atoms with Gasteiger partial charge in [0.1, 0.15) is 0 Å². The third-order valence-corrected chi connectivity index (χ3v) is 5.31. The van der Waals surface area contributed by atoms with Gasteiger partial charge in [-0.2, -0.15) is 0 Å². The van der Waals surface area contributed by atoms with Crippen LogP contribution in [0.3, 0.4) is 0 Å². The fourth-order valence-electron chi connectivity index (χ4n) is 3.85. The van der Waals surface area contributed by atoms with E-state index in [1.54, 1.807) is 0 Å². The van der Waals surface area contributed by atoms with Crippen molar-refractivity contribution in [2.75, 3.05) is 6.54 Å². The molecule has 3 N–H and O–H groups in total. The van der Waals surface area contributed by atoms with Gasteiger partial charge >= 0.3 is 0 Å². The molecule has 0 aromatic heterocycles. The van der Waals surface area contributed by atoms with Crippen LogP contribution in [0.4, 0.5) is 0 Å². The van der Waals surface area contributed by atoms with Crippen molar-refractivity contribution >= 4 is 0 Å². The average Bonchev–Trinajstić information content (AvgIpc) is 2.73. The van der Waals surface area contributed by atoms with Crippen LogP contribution in [-0.4, -0.2) is 18.1 Å². The zero-order valence-corrected chi connectivity index (χ0v) is 13.0. The Kier molecular flexibility index (Phi) is 4.73. The standard InChI is InChI=1S/C17H32N2/c1-16(2,3)14-7-6-11-17(13-18,12-10-14)19-15-8-4-5-9-15/h4-5,14-15,19H,6-13,18H2,1-3H3. The fourth-order valence-corrected chi connectivity index (χ4v) is 3.85. The summed E-state index contributed by atoms with van der Waals surface area (Å²) in [5, 5.41) is 3.91. The van der Waals surface area contributed by atoms with Gasteiger partial charge in [-0.3, -0.25) is 0 Å². The quantitative estimate of drug-likeness (QED) is 0.603. The van der Waals surface area contributed by atoms with Gasteiger partial charge in [-0.15, -0.1) is 0 Å². The van der Waals surface area contributed by atoms with E-state index in [0.717, 1.165) is 12.5 Å². The Balaban J connectivity index is 1.97. The molecule has 0 amide bonds. The highest BCUT2D eigenvalue weighted by atomic mass is 15.0. The Morgan fingerprint density at radius 1 is 1.16 bits per heavy atom. The van der Waals surface area contributed by atoms with Crippen LogP contribution >= 0.6 is 0 Å². The van der Waals surface area contributed by atoms with Gasteiger partial charge in [0, 0.05) is 18.1 Å². The minimum absolute atomic E-state index is 0.205. The molecule has 0 aliphatic heterocycles. The maximum Gasteiger partial charge on any atom is 0.0306 e. The molecule has 2 atom stereocenters. The zero-order chi connectivity index (χ0) is 13.9. The Morgan fingerprint density at radius 2 is 1.84 bits per heavy atom. The highest BCUT2D eigenvalue weighted by Crippen LogP contribution is 2.39. The van der Waals surface area contributed by atoms with Crippen molar-refractivity contribution in [1.82, 2.24) is 5.32 Å². The summed E-state index contributed by atoms with van der Waals surface area (Å²) in [6, 6.07) is 0.634. The number of nitrogens with two attached hydrogens (primary N) is 1. The van der Waals surface area contributed by atoms with Crippen LogP contribution in [0.15, 0.2) is 12.2 Å². The van der Waals surface area contributed by atoms with Gasteiger partial charge < -0.3 is 11.1 Å². The van der Waals surface area contributed by atoms with E-state index in [2.05, 4.69) is 38.2 Å². The molecular weight excluding hydrogens is 232 g/mol. The molecule has 0 aromatic rings. The third-order valence-electron chi connectivity index (χ3n) is 5.31. The molecule has 1 fully saturated rings. The van der Waals surface area contributed by atoms with Crippen molar-refractivity contribution in [1.29, 1.82) is 0 Å². The predicted octanol–water partition coefficient (Wildman–Crippen LogP) is 3.62. The first-order chi connectivity index (χ1) is 8.95. The topological polar surface area (TPSA) is 38.0 Å². The fraction of sp³-hybridized carbons (Fsp3) is 0.882. The second-order valence-electron chi connectivity index (χ2n) is 7.76. The average molecular weight is 264 g/mol. The summed E-state index contributed by atoms with van der Waals surface area (Å²) in [6.07, 6.45) is 13.5. The molecule has 2 aliphatic rings. The molecule has 0 heterocycles. The van der Waals surface area contributed by atoms with Crippen molar-refractivity contribution < 1.29 is 0 Å². The summed E-state index contributed by atoms with van der Waals surface area (Å²) in [5.74, 6) is 0.851. The first kappa shape index (κ1) is 15.1. The van der Waals surface area contributed by atoms with Crippen molar-refractivity contribution in [2.24, 2.45) is 17.1 Å². The van der Waals surface area contributed by atoms with E-state index in [9.17, 15) is 0 Å². The van der Waals surface area contributed by atoms with E-state index in [1.165, 1.54) is 44.9 Å². The second kappa shape index (κ2) is 5.97. The molecule has 2 unspecified atom stereocenters. The SMILES string of the molecule is CC(C)(C)C1CCCC(CN)(NC2CC=CC2)CC1. The minimum atomic E-state index is 0.205. The van der Waals surface area contributed by atoms with E-state index in [4.69, 9.17) is 5.73 Å². The lowest BCUT2D eigenvalue weighted by atomic mass is 9.76.